The van der Waals surface area contributed by atoms with Crippen LogP contribution in [0.2, 0.25) is 5.04 Å². The summed E-state index contributed by atoms with van der Waals surface area (Å²) in [6.07, 6.45) is 5.72. The van der Waals surface area contributed by atoms with E-state index in [0.29, 0.717) is 37.3 Å². The molecule has 3 fully saturated rings. The van der Waals surface area contributed by atoms with E-state index in [-0.39, 0.29) is 22.9 Å². The number of amides is 2. The van der Waals surface area contributed by atoms with Crippen LogP contribution in [0.4, 0.5) is 0 Å². The number of hydrogen-bond acceptors (Lipinski definition) is 6. The summed E-state index contributed by atoms with van der Waals surface area (Å²) in [6, 6.07) is 35.6. The Labute approximate surface area is 336 Å². The predicted molar refractivity (Wildman–Crippen MR) is 223 cm³/mol. The topological polar surface area (TPSA) is 105 Å². The van der Waals surface area contributed by atoms with Gasteiger partial charge >= 0.3 is 8.32 Å². The standard InChI is InChI=1S/C48H53N3O5Si/c1-44(2,3)57(34-16-10-6-11-17-34,35-18-12-7-13-19-35)56-37-21-20-33-28-38-46-24-25-48(54,36(29-46)41(52)50(4)30-32-14-8-5-9-15-32)42-47(46,39(33)40(37)55-42)26-27-51(38)31-45(22-23-45)43(49)53/h5-21,29,38,42,54H,22-28,30-31H2,1-4H3,(H2,49,53)/t38-,42-,46-,47+,48-/m1/s1. The van der Waals surface area contributed by atoms with Crippen molar-refractivity contribution >= 4 is 30.5 Å². The third-order valence-electron chi connectivity index (χ3n) is 15.0. The van der Waals surface area contributed by atoms with Crippen LogP contribution in [0.15, 0.2) is 115 Å². The highest BCUT2D eigenvalue weighted by Crippen LogP contribution is 2.75. The van der Waals surface area contributed by atoms with Gasteiger partial charge in [0.25, 0.3) is 5.91 Å². The highest BCUT2D eigenvalue weighted by Gasteiger charge is 2.79. The molecule has 2 saturated carbocycles. The van der Waals surface area contributed by atoms with E-state index in [0.717, 1.165) is 49.1 Å². The zero-order chi connectivity index (χ0) is 39.6. The van der Waals surface area contributed by atoms with Gasteiger partial charge in [-0.25, -0.2) is 0 Å². The van der Waals surface area contributed by atoms with Crippen molar-refractivity contribution in [1.82, 2.24) is 9.80 Å². The molecule has 5 atom stereocenters. The lowest BCUT2D eigenvalue weighted by molar-refractivity contribution is -0.189. The molecule has 8 nitrogen and oxygen atoms in total. The molecular weight excluding hydrogens is 727 g/mol. The zero-order valence-electron chi connectivity index (χ0n) is 33.5. The van der Waals surface area contributed by atoms with E-state index in [1.54, 1.807) is 4.90 Å². The Kier molecular flexibility index (Phi) is 7.97. The second-order valence-electron chi connectivity index (χ2n) is 18.9. The summed E-state index contributed by atoms with van der Waals surface area (Å²) >= 11 is 0. The van der Waals surface area contributed by atoms with E-state index in [9.17, 15) is 14.7 Å². The van der Waals surface area contributed by atoms with E-state index in [1.165, 1.54) is 15.9 Å². The van der Waals surface area contributed by atoms with E-state index in [1.807, 2.05) is 37.4 Å². The number of benzene rings is 4. The van der Waals surface area contributed by atoms with Crippen molar-refractivity contribution in [2.24, 2.45) is 16.6 Å². The minimum Gasteiger partial charge on any atom is -0.531 e. The van der Waals surface area contributed by atoms with Crippen LogP contribution < -0.4 is 25.3 Å². The normalized spacial score (nSPS) is 28.8. The number of piperidine rings is 1. The molecule has 5 aliphatic carbocycles. The molecule has 3 N–H and O–H groups in total. The maximum atomic E-state index is 14.8. The number of aliphatic hydroxyl groups is 1. The number of likely N-dealkylation sites (tertiary alicyclic amines) is 1. The monoisotopic (exact) mass is 779 g/mol. The molecule has 0 aromatic heterocycles. The van der Waals surface area contributed by atoms with Crippen molar-refractivity contribution in [3.8, 4) is 11.5 Å². The number of likely N-dealkylation sites (N-methyl/N-ethyl adjacent to an activating group) is 1. The lowest BCUT2D eigenvalue weighted by Crippen LogP contribution is -2.78. The summed E-state index contributed by atoms with van der Waals surface area (Å²) in [4.78, 5) is 31.9. The number of carbonyl (C=O) groups excluding carboxylic acids is 2. The van der Waals surface area contributed by atoms with E-state index in [4.69, 9.17) is 14.9 Å². The van der Waals surface area contributed by atoms with Gasteiger partial charge in [-0.15, -0.1) is 0 Å². The van der Waals surface area contributed by atoms with Gasteiger partial charge in [-0.2, -0.15) is 0 Å². The maximum absolute atomic E-state index is 14.8. The van der Waals surface area contributed by atoms with Gasteiger partial charge in [0, 0.05) is 42.7 Å². The lowest BCUT2D eigenvalue weighted by atomic mass is 9.38. The largest absolute Gasteiger partial charge is 0.531 e. The van der Waals surface area contributed by atoms with Gasteiger partial charge in [-0.05, 0) is 77.7 Å². The maximum Gasteiger partial charge on any atom is 0.320 e. The van der Waals surface area contributed by atoms with Gasteiger partial charge in [0.1, 0.15) is 17.5 Å². The summed E-state index contributed by atoms with van der Waals surface area (Å²) in [7, 11) is -1.24. The minimum absolute atomic E-state index is 0.00292. The first-order chi connectivity index (χ1) is 27.3. The molecule has 9 heteroatoms. The molecule has 4 bridgehead atoms. The van der Waals surface area contributed by atoms with Crippen LogP contribution in [0.3, 0.4) is 0 Å². The van der Waals surface area contributed by atoms with Crippen LogP contribution in [0.1, 0.15) is 69.6 Å². The molecule has 2 spiro atoms. The van der Waals surface area contributed by atoms with Crippen LogP contribution in [0.5, 0.6) is 11.5 Å². The molecule has 4 aromatic carbocycles. The first-order valence-corrected chi connectivity index (χ1v) is 22.6. The zero-order valence-corrected chi connectivity index (χ0v) is 34.5. The number of rotatable bonds is 10. The van der Waals surface area contributed by atoms with Crippen LogP contribution in [-0.4, -0.2) is 72.9 Å². The third kappa shape index (κ3) is 4.91. The third-order valence-corrected chi connectivity index (χ3v) is 20.0. The Morgan fingerprint density at radius 3 is 2.12 bits per heavy atom. The predicted octanol–water partition coefficient (Wildman–Crippen LogP) is 5.63. The first kappa shape index (κ1) is 36.6. The number of nitrogens with zero attached hydrogens (tertiary/aromatic N) is 2. The van der Waals surface area contributed by atoms with Gasteiger partial charge in [0.05, 0.1) is 10.8 Å². The molecule has 2 aliphatic heterocycles. The molecule has 11 rings (SSSR count). The number of hydrogen-bond donors (Lipinski definition) is 2. The molecular formula is C48H53N3O5Si. The second-order valence-corrected chi connectivity index (χ2v) is 23.1. The lowest BCUT2D eigenvalue weighted by Gasteiger charge is -2.70. The molecule has 7 aliphatic rings. The van der Waals surface area contributed by atoms with Crippen molar-refractivity contribution in [3.63, 3.8) is 0 Å². The van der Waals surface area contributed by atoms with Crippen LogP contribution >= 0.6 is 0 Å². The Balaban J connectivity index is 1.14. The van der Waals surface area contributed by atoms with Gasteiger partial charge < -0.3 is 24.9 Å². The number of nitrogens with two attached hydrogens (primary N) is 1. The highest BCUT2D eigenvalue weighted by molar-refractivity contribution is 7.00. The van der Waals surface area contributed by atoms with Crippen molar-refractivity contribution in [2.75, 3.05) is 20.1 Å². The Morgan fingerprint density at radius 1 is 0.895 bits per heavy atom. The highest BCUT2D eigenvalue weighted by atomic mass is 28.4. The fourth-order valence-corrected chi connectivity index (χ4v) is 16.6. The Hall–Kier alpha value is -4.70. The van der Waals surface area contributed by atoms with Gasteiger partial charge in [0.2, 0.25) is 5.91 Å². The smallest absolute Gasteiger partial charge is 0.320 e. The number of fused-ring (bicyclic) bond motifs is 1. The number of carbonyl (C=O) groups is 2. The van der Waals surface area contributed by atoms with Crippen molar-refractivity contribution in [2.45, 2.75) is 94.0 Å². The fourth-order valence-electron chi connectivity index (χ4n) is 12.2. The number of primary amides is 1. The Bertz CT molecular complexity index is 2270. The quantitative estimate of drug-likeness (QED) is 0.203. The van der Waals surface area contributed by atoms with E-state index >= 15 is 0 Å². The van der Waals surface area contributed by atoms with Crippen molar-refractivity contribution in [3.05, 3.63) is 131 Å². The summed E-state index contributed by atoms with van der Waals surface area (Å²) in [5, 5.41) is 15.3. The summed E-state index contributed by atoms with van der Waals surface area (Å²) in [5.41, 5.74) is 6.75. The molecule has 0 unspecified atom stereocenters. The second kappa shape index (κ2) is 12.4. The summed E-state index contributed by atoms with van der Waals surface area (Å²) < 4.78 is 15.1. The van der Waals surface area contributed by atoms with Crippen molar-refractivity contribution < 1.29 is 23.9 Å². The SMILES string of the molecule is CN(Cc1ccccc1)C(=O)C1=C[C@@]23CC[C@]1(O)[C@@H]1Oc4c(O[Si](c5ccccc5)(c5ccccc5)C(C)(C)C)ccc5c4[C@@]12CCN(CC1(C(N)=O)CC1)[C@@H]3C5. The van der Waals surface area contributed by atoms with E-state index < -0.39 is 36.3 Å². The van der Waals surface area contributed by atoms with Gasteiger partial charge in [0.15, 0.2) is 5.75 Å². The first-order valence-electron chi connectivity index (χ1n) is 20.7. The summed E-state index contributed by atoms with van der Waals surface area (Å²) in [5.74, 6) is 1.02. The van der Waals surface area contributed by atoms with Gasteiger partial charge in [-0.1, -0.05) is 124 Å². The van der Waals surface area contributed by atoms with Gasteiger partial charge in [-0.3, -0.25) is 14.5 Å². The number of ether oxygens (including phenoxy) is 1. The average Bonchev–Trinajstić information content (AvgIpc) is 3.91. The molecule has 0 radical (unpaired) electrons. The van der Waals surface area contributed by atoms with Crippen LogP contribution in [-0.2, 0) is 28.0 Å². The molecule has 57 heavy (non-hydrogen) atoms. The van der Waals surface area contributed by atoms with E-state index in [2.05, 4.69) is 105 Å². The summed E-state index contributed by atoms with van der Waals surface area (Å²) in [6.45, 7) is 8.63. The van der Waals surface area contributed by atoms with Crippen molar-refractivity contribution in [1.29, 1.82) is 0 Å². The molecule has 294 valence electrons. The fraction of sp³-hybridized carbons (Fsp3) is 0.417. The molecule has 1 saturated heterocycles. The molecule has 4 aromatic rings. The minimum atomic E-state index is -3.06. The molecule has 2 amide bonds. The van der Waals surface area contributed by atoms with Crippen LogP contribution in [0, 0.1) is 10.8 Å². The molecule has 2 heterocycles. The Morgan fingerprint density at radius 2 is 1.53 bits per heavy atom. The average molecular weight is 780 g/mol. The van der Waals surface area contributed by atoms with Crippen LogP contribution in [0.25, 0.3) is 0 Å².